The van der Waals surface area contributed by atoms with E-state index in [1.807, 2.05) is 44.2 Å². The number of fused-ring (bicyclic) bond motifs is 1. The number of nitrogens with zero attached hydrogens (tertiary/aromatic N) is 4. The molecule has 0 radical (unpaired) electrons. The average Bonchev–Trinajstić information content (AvgIpc) is 3.04. The summed E-state index contributed by atoms with van der Waals surface area (Å²) in [5, 5.41) is 6.65. The molecule has 10 heteroatoms. The van der Waals surface area contributed by atoms with Crippen molar-refractivity contribution in [3.8, 4) is 11.3 Å². The molecule has 3 heterocycles. The molecule has 0 amide bonds. The number of carbonyl (C=O) groups excluding carboxylic acids is 1. The minimum Gasteiger partial charge on any atom is -0.464 e. The van der Waals surface area contributed by atoms with Crippen molar-refractivity contribution in [3.05, 3.63) is 66.1 Å². The van der Waals surface area contributed by atoms with Crippen molar-refractivity contribution in [1.29, 1.82) is 0 Å². The normalized spacial score (nSPS) is 14.1. The molecule has 0 aliphatic carbocycles. The minimum atomic E-state index is -1.12. The van der Waals surface area contributed by atoms with Gasteiger partial charge in [0.15, 0.2) is 0 Å². The fourth-order valence-electron chi connectivity index (χ4n) is 5.23. The van der Waals surface area contributed by atoms with Gasteiger partial charge >= 0.3 is 5.97 Å². The highest BCUT2D eigenvalue weighted by molar-refractivity contribution is 5.79. The quantitative estimate of drug-likeness (QED) is 0.142. The molecule has 1 aromatic carbocycles. The molecule has 0 saturated heterocycles. The number of rotatable bonds is 18. The molecule has 2 aromatic heterocycles. The van der Waals surface area contributed by atoms with E-state index in [0.717, 1.165) is 55.7 Å². The van der Waals surface area contributed by atoms with Gasteiger partial charge in [0.2, 0.25) is 0 Å². The Morgan fingerprint density at radius 1 is 1.07 bits per heavy atom. The summed E-state index contributed by atoms with van der Waals surface area (Å²) in [5.41, 5.74) is 3.99. The van der Waals surface area contributed by atoms with E-state index in [1.165, 1.54) is 12.7 Å². The van der Waals surface area contributed by atoms with Gasteiger partial charge < -0.3 is 25.0 Å². The zero-order valence-electron chi connectivity index (χ0n) is 26.3. The van der Waals surface area contributed by atoms with Crippen LogP contribution in [0.1, 0.15) is 50.8 Å². The van der Waals surface area contributed by atoms with Crippen molar-refractivity contribution in [1.82, 2.24) is 19.9 Å². The summed E-state index contributed by atoms with van der Waals surface area (Å²) in [5.74, 6) is 1.35. The number of aromatic nitrogens is 3. The maximum Gasteiger partial charge on any atom is 0.328 e. The summed E-state index contributed by atoms with van der Waals surface area (Å²) < 4.78 is 25.4. The van der Waals surface area contributed by atoms with E-state index in [1.54, 1.807) is 12.4 Å². The number of nitrogens with one attached hydrogen (secondary N) is 2. The van der Waals surface area contributed by atoms with Gasteiger partial charge in [-0.3, -0.25) is 4.98 Å². The number of pyridine rings is 1. The highest BCUT2D eigenvalue weighted by Gasteiger charge is 2.24. The van der Waals surface area contributed by atoms with E-state index in [9.17, 15) is 9.18 Å². The first-order valence-corrected chi connectivity index (χ1v) is 15.8. The molecule has 1 aliphatic heterocycles. The van der Waals surface area contributed by atoms with Crippen LogP contribution in [-0.4, -0.2) is 84.5 Å². The van der Waals surface area contributed by atoms with Gasteiger partial charge in [0.1, 0.15) is 23.8 Å². The second-order valence-corrected chi connectivity index (χ2v) is 11.8. The number of unbranched alkanes of at least 4 members (excludes halogenated alkanes) is 1. The zero-order chi connectivity index (χ0) is 31.1. The number of hydrogen-bond donors (Lipinski definition) is 2. The summed E-state index contributed by atoms with van der Waals surface area (Å²) in [6, 6.07) is 13.4. The number of halogens is 1. The number of hydrogen-bond acceptors (Lipinski definition) is 9. The predicted octanol–water partition coefficient (Wildman–Crippen LogP) is 5.58. The van der Waals surface area contributed by atoms with E-state index in [-0.39, 0.29) is 25.0 Å². The molecule has 0 fully saturated rings. The van der Waals surface area contributed by atoms with Crippen LogP contribution in [0.5, 0.6) is 0 Å². The summed E-state index contributed by atoms with van der Waals surface area (Å²) in [7, 11) is 1.51. The van der Waals surface area contributed by atoms with Crippen molar-refractivity contribution in [2.45, 2.75) is 64.6 Å². The zero-order valence-corrected chi connectivity index (χ0v) is 26.3. The van der Waals surface area contributed by atoms with E-state index < -0.39 is 12.2 Å². The molecule has 2 N–H and O–H groups in total. The third-order valence-corrected chi connectivity index (χ3v) is 7.52. The summed E-state index contributed by atoms with van der Waals surface area (Å²) in [4.78, 5) is 29.1. The second kappa shape index (κ2) is 17.6. The van der Waals surface area contributed by atoms with Gasteiger partial charge in [0, 0.05) is 38.0 Å². The second-order valence-electron chi connectivity index (χ2n) is 11.8. The van der Waals surface area contributed by atoms with Crippen LogP contribution in [0.2, 0.25) is 0 Å². The number of esters is 1. The lowest BCUT2D eigenvalue weighted by atomic mass is 10.1. The first-order valence-electron chi connectivity index (χ1n) is 15.8. The molecule has 1 aliphatic rings. The van der Waals surface area contributed by atoms with E-state index in [2.05, 4.69) is 32.7 Å². The number of alkyl halides is 1. The molecule has 0 spiro atoms. The largest absolute Gasteiger partial charge is 0.464 e. The fourth-order valence-corrected chi connectivity index (χ4v) is 5.23. The molecule has 0 saturated carbocycles. The lowest BCUT2D eigenvalue weighted by Gasteiger charge is -2.26. The van der Waals surface area contributed by atoms with Crippen LogP contribution in [0.25, 0.3) is 11.3 Å². The van der Waals surface area contributed by atoms with Crippen molar-refractivity contribution < 1.29 is 18.7 Å². The molecule has 0 bridgehead atoms. The van der Waals surface area contributed by atoms with Gasteiger partial charge in [0.25, 0.3) is 0 Å². The van der Waals surface area contributed by atoms with Crippen LogP contribution in [0.15, 0.2) is 54.9 Å². The highest BCUT2D eigenvalue weighted by atomic mass is 19.1. The van der Waals surface area contributed by atoms with Gasteiger partial charge in [-0.25, -0.2) is 19.2 Å². The Morgan fingerprint density at radius 2 is 1.91 bits per heavy atom. The van der Waals surface area contributed by atoms with Crippen molar-refractivity contribution in [2.24, 2.45) is 5.92 Å². The number of carbonyl (C=O) groups is 1. The Kier molecular flexibility index (Phi) is 13.3. The maximum atomic E-state index is 14.7. The smallest absolute Gasteiger partial charge is 0.328 e. The average molecular weight is 607 g/mol. The number of ether oxygens (including phenoxy) is 2. The molecule has 2 atom stereocenters. The lowest BCUT2D eigenvalue weighted by molar-refractivity contribution is -0.145. The van der Waals surface area contributed by atoms with Gasteiger partial charge in [-0.15, -0.1) is 0 Å². The van der Waals surface area contributed by atoms with E-state index in [4.69, 9.17) is 19.4 Å². The van der Waals surface area contributed by atoms with Gasteiger partial charge in [0.05, 0.1) is 31.3 Å². The van der Waals surface area contributed by atoms with Crippen LogP contribution in [-0.2, 0) is 27.1 Å². The molecule has 9 nitrogen and oxygen atoms in total. The third-order valence-electron chi connectivity index (χ3n) is 7.52. The predicted molar refractivity (Wildman–Crippen MR) is 172 cm³/mol. The fraction of sp³-hybridized carbons (Fsp3) is 0.529. The number of aryl methyl sites for hydroxylation is 2. The van der Waals surface area contributed by atoms with Gasteiger partial charge in [-0.05, 0) is 62.6 Å². The lowest BCUT2D eigenvalue weighted by Crippen LogP contribution is -2.39. The molecule has 238 valence electrons. The Balaban J connectivity index is 1.38. The molecule has 44 heavy (non-hydrogen) atoms. The third kappa shape index (κ3) is 10.8. The van der Waals surface area contributed by atoms with Crippen molar-refractivity contribution in [3.63, 3.8) is 0 Å². The van der Waals surface area contributed by atoms with Crippen LogP contribution < -0.4 is 10.6 Å². The Hall–Kier alpha value is -3.63. The molecular weight excluding hydrogens is 559 g/mol. The standard InChI is InChI=1S/C34H47FN6O3/c1-25(2)23-44-34(42)30(39-32-21-36-20-31(40-32)26-10-5-4-6-11-26)16-19-41(22-28(35)24-43-3)18-8-7-13-29-15-14-27-12-9-17-37-33(27)38-29/h4-6,10-11,14-15,20-21,25,28,30H,7-9,12-13,16-19,22-24H2,1-3H3,(H,37,38)(H,39,40)/t28-,30-/m0/s1. The first-order chi connectivity index (χ1) is 21.4. The van der Waals surface area contributed by atoms with Crippen LogP contribution in [0, 0.1) is 5.92 Å². The molecule has 4 rings (SSSR count). The first kappa shape index (κ1) is 33.3. The number of anilines is 2. The SMILES string of the molecule is COC[C@@H](F)CN(CCCCc1ccc2c(n1)NCCC2)CC[C@H](Nc1cncc(-c2ccccc2)n1)C(=O)OCC(C)C. The van der Waals surface area contributed by atoms with Gasteiger partial charge in [-0.2, -0.15) is 0 Å². The van der Waals surface area contributed by atoms with Crippen LogP contribution >= 0.6 is 0 Å². The monoisotopic (exact) mass is 606 g/mol. The van der Waals surface area contributed by atoms with E-state index >= 15 is 0 Å². The van der Waals surface area contributed by atoms with Crippen molar-refractivity contribution in [2.75, 3.05) is 57.1 Å². The molecular formula is C34H47FN6O3. The van der Waals surface area contributed by atoms with E-state index in [0.29, 0.717) is 37.6 Å². The Morgan fingerprint density at radius 3 is 2.70 bits per heavy atom. The minimum absolute atomic E-state index is 0.0303. The van der Waals surface area contributed by atoms with Gasteiger partial charge in [-0.1, -0.05) is 50.2 Å². The topological polar surface area (TPSA) is 102 Å². The summed E-state index contributed by atoms with van der Waals surface area (Å²) in [6.07, 6.45) is 7.49. The maximum absolute atomic E-state index is 14.7. The Labute approximate surface area is 261 Å². The highest BCUT2D eigenvalue weighted by Crippen LogP contribution is 2.21. The number of benzene rings is 1. The molecule has 3 aromatic rings. The van der Waals surface area contributed by atoms with Crippen molar-refractivity contribution >= 4 is 17.6 Å². The molecule has 0 unspecified atom stereocenters. The number of methoxy groups -OCH3 is 1. The van der Waals surface area contributed by atoms with Crippen LogP contribution in [0.3, 0.4) is 0 Å². The summed E-state index contributed by atoms with van der Waals surface area (Å²) >= 11 is 0. The van der Waals surface area contributed by atoms with Crippen LogP contribution in [0.4, 0.5) is 16.0 Å². The Bertz CT molecular complexity index is 1300. The summed E-state index contributed by atoms with van der Waals surface area (Å²) in [6.45, 7) is 6.75.